The zero-order valence-corrected chi connectivity index (χ0v) is 19.5. The Kier molecular flexibility index (Phi) is 6.18. The van der Waals surface area contributed by atoms with E-state index >= 15 is 0 Å². The highest BCUT2D eigenvalue weighted by Crippen LogP contribution is 2.27. The van der Waals surface area contributed by atoms with Crippen molar-refractivity contribution in [2.24, 2.45) is 0 Å². The maximum Gasteiger partial charge on any atom is 0.254 e. The number of H-pyrrole nitrogens is 1. The number of ether oxygens (including phenoxy) is 1. The van der Waals surface area contributed by atoms with E-state index in [0.717, 1.165) is 35.6 Å². The van der Waals surface area contributed by atoms with Crippen LogP contribution in [-0.4, -0.2) is 59.4 Å². The predicted octanol–water partition coefficient (Wildman–Crippen LogP) is 4.98. The Morgan fingerprint density at radius 3 is 2.21 bits per heavy atom. The van der Waals surface area contributed by atoms with Crippen molar-refractivity contribution in [1.82, 2.24) is 15.1 Å². The molecule has 0 bridgehead atoms. The number of amides is 1. The first-order valence-corrected chi connectivity index (χ1v) is 12.0. The van der Waals surface area contributed by atoms with Gasteiger partial charge in [0.05, 0.1) is 23.6 Å². The fourth-order valence-electron chi connectivity index (χ4n) is 4.93. The van der Waals surface area contributed by atoms with Gasteiger partial charge in [0.2, 0.25) is 0 Å². The zero-order valence-electron chi connectivity index (χ0n) is 19.5. The van der Waals surface area contributed by atoms with Crippen LogP contribution in [0.15, 0.2) is 54.6 Å². The van der Waals surface area contributed by atoms with E-state index in [0.29, 0.717) is 18.7 Å². The summed E-state index contributed by atoms with van der Waals surface area (Å²) in [5, 5.41) is 7.67. The van der Waals surface area contributed by atoms with Crippen LogP contribution in [0.5, 0.6) is 0 Å². The minimum Gasteiger partial charge on any atom is -0.372 e. The number of carbonyl (C=O) groups is 1. The number of piperidine rings is 1. The molecule has 2 atom stereocenters. The number of hydrogen-bond acceptors (Lipinski definition) is 4. The molecule has 33 heavy (non-hydrogen) atoms. The van der Waals surface area contributed by atoms with Crippen molar-refractivity contribution in [1.29, 1.82) is 0 Å². The van der Waals surface area contributed by atoms with E-state index in [2.05, 4.69) is 45.4 Å². The van der Waals surface area contributed by atoms with Crippen molar-refractivity contribution >= 4 is 11.6 Å². The van der Waals surface area contributed by atoms with Crippen LogP contribution in [0.4, 0.5) is 5.69 Å². The van der Waals surface area contributed by atoms with Gasteiger partial charge in [0, 0.05) is 43.0 Å². The third-order valence-electron chi connectivity index (χ3n) is 6.61. The van der Waals surface area contributed by atoms with Gasteiger partial charge in [0.15, 0.2) is 0 Å². The molecule has 0 aliphatic carbocycles. The lowest BCUT2D eigenvalue weighted by atomic mass is 10.1. The highest BCUT2D eigenvalue weighted by molar-refractivity contribution is 5.94. The summed E-state index contributed by atoms with van der Waals surface area (Å²) >= 11 is 0. The van der Waals surface area contributed by atoms with E-state index in [9.17, 15) is 4.79 Å². The second-order valence-electron chi connectivity index (χ2n) is 9.31. The second-order valence-corrected chi connectivity index (χ2v) is 9.31. The summed E-state index contributed by atoms with van der Waals surface area (Å²) in [5.41, 5.74) is 5.97. The number of rotatable bonds is 4. The van der Waals surface area contributed by atoms with E-state index in [1.54, 1.807) is 0 Å². The van der Waals surface area contributed by atoms with Crippen LogP contribution in [-0.2, 0) is 4.74 Å². The molecular weight excluding hydrogens is 412 g/mol. The molecule has 0 spiro atoms. The average Bonchev–Trinajstić information content (AvgIpc) is 3.34. The first-order chi connectivity index (χ1) is 16.1. The van der Waals surface area contributed by atoms with Crippen molar-refractivity contribution < 1.29 is 9.53 Å². The summed E-state index contributed by atoms with van der Waals surface area (Å²) in [7, 11) is 0. The van der Waals surface area contributed by atoms with Crippen LogP contribution >= 0.6 is 0 Å². The quantitative estimate of drug-likeness (QED) is 0.616. The largest absolute Gasteiger partial charge is 0.372 e. The average molecular weight is 445 g/mol. The number of anilines is 1. The van der Waals surface area contributed by atoms with Crippen LogP contribution in [0.2, 0.25) is 0 Å². The Morgan fingerprint density at radius 2 is 1.55 bits per heavy atom. The highest BCUT2D eigenvalue weighted by Gasteiger charge is 2.26. The molecule has 2 fully saturated rings. The van der Waals surface area contributed by atoms with Gasteiger partial charge in [0.25, 0.3) is 5.91 Å². The molecular formula is C27H32N4O2. The van der Waals surface area contributed by atoms with Gasteiger partial charge >= 0.3 is 0 Å². The number of carbonyl (C=O) groups excluding carboxylic acids is 1. The number of aromatic nitrogens is 2. The Morgan fingerprint density at radius 1 is 0.909 bits per heavy atom. The normalized spacial score (nSPS) is 21.3. The van der Waals surface area contributed by atoms with Crippen molar-refractivity contribution in [3.63, 3.8) is 0 Å². The van der Waals surface area contributed by atoms with E-state index in [4.69, 9.17) is 4.74 Å². The fraction of sp³-hybridized carbons (Fsp3) is 0.407. The Bertz CT molecular complexity index is 1070. The number of hydrogen-bond donors (Lipinski definition) is 1. The Labute approximate surface area is 195 Å². The summed E-state index contributed by atoms with van der Waals surface area (Å²) in [6.45, 7) is 7.57. The smallest absolute Gasteiger partial charge is 0.254 e. The first-order valence-electron chi connectivity index (χ1n) is 12.0. The maximum atomic E-state index is 12.9. The van der Waals surface area contributed by atoms with Gasteiger partial charge in [-0.25, -0.2) is 0 Å². The molecule has 1 amide bonds. The molecule has 2 aliphatic heterocycles. The van der Waals surface area contributed by atoms with Gasteiger partial charge in [-0.3, -0.25) is 9.89 Å². The minimum absolute atomic E-state index is 0.0580. The second kappa shape index (κ2) is 9.40. The lowest BCUT2D eigenvalue weighted by molar-refractivity contribution is -0.0586. The summed E-state index contributed by atoms with van der Waals surface area (Å²) in [6.07, 6.45) is 4.02. The molecule has 3 aromatic rings. The monoisotopic (exact) mass is 444 g/mol. The number of nitrogens with zero attached hydrogens (tertiary/aromatic N) is 3. The van der Waals surface area contributed by atoms with Crippen molar-refractivity contribution in [2.75, 3.05) is 31.1 Å². The lowest BCUT2D eigenvalue weighted by Crippen LogP contribution is -2.48. The Balaban J connectivity index is 1.27. The lowest BCUT2D eigenvalue weighted by Gasteiger charge is -2.35. The SMILES string of the molecule is C[C@@H]1CN(C(=O)c2ccc(-c3cc(-c4ccc(N5CCCCC5)cc4)n[nH]3)cc2)C[C@H](C)O1. The molecule has 1 aromatic heterocycles. The van der Waals surface area contributed by atoms with Gasteiger partial charge in [-0.2, -0.15) is 5.10 Å². The van der Waals surface area contributed by atoms with Crippen molar-refractivity contribution in [2.45, 2.75) is 45.3 Å². The molecule has 2 aromatic carbocycles. The standard InChI is InChI=1S/C27H32N4O2/c1-19-17-31(18-20(2)33-19)27(32)23-8-6-21(7-9-23)25-16-26(29-28-25)22-10-12-24(13-11-22)30-14-4-3-5-15-30/h6-13,16,19-20H,3-5,14-15,17-18H2,1-2H3,(H,28,29)/t19-,20+. The van der Waals surface area contributed by atoms with Crippen LogP contribution in [0.25, 0.3) is 22.5 Å². The van der Waals surface area contributed by atoms with Gasteiger partial charge in [-0.15, -0.1) is 0 Å². The number of benzene rings is 2. The van der Waals surface area contributed by atoms with E-state index < -0.39 is 0 Å². The molecule has 1 N–H and O–H groups in total. The summed E-state index contributed by atoms with van der Waals surface area (Å²) in [5.74, 6) is 0.0580. The number of nitrogens with one attached hydrogen (secondary N) is 1. The van der Waals surface area contributed by atoms with Gasteiger partial charge in [0.1, 0.15) is 0 Å². The summed E-state index contributed by atoms with van der Waals surface area (Å²) < 4.78 is 5.75. The summed E-state index contributed by atoms with van der Waals surface area (Å²) in [6, 6.07) is 18.5. The maximum absolute atomic E-state index is 12.9. The minimum atomic E-state index is 0.0580. The predicted molar refractivity (Wildman–Crippen MR) is 131 cm³/mol. The first kappa shape index (κ1) is 21.7. The fourth-order valence-corrected chi connectivity index (χ4v) is 4.93. The van der Waals surface area contributed by atoms with Crippen LogP contribution < -0.4 is 4.90 Å². The molecule has 2 saturated heterocycles. The third-order valence-corrected chi connectivity index (χ3v) is 6.61. The van der Waals surface area contributed by atoms with Crippen LogP contribution in [0.1, 0.15) is 43.5 Å². The Hall–Kier alpha value is -3.12. The van der Waals surface area contributed by atoms with E-state index in [-0.39, 0.29) is 18.1 Å². The topological polar surface area (TPSA) is 61.5 Å². The van der Waals surface area contributed by atoms with Gasteiger partial charge in [-0.1, -0.05) is 24.3 Å². The molecule has 172 valence electrons. The van der Waals surface area contributed by atoms with E-state index in [1.807, 2.05) is 43.0 Å². The van der Waals surface area contributed by atoms with Crippen LogP contribution in [0.3, 0.4) is 0 Å². The molecule has 2 aliphatic rings. The molecule has 3 heterocycles. The molecule has 6 nitrogen and oxygen atoms in total. The number of aromatic amines is 1. The van der Waals surface area contributed by atoms with E-state index in [1.165, 1.54) is 24.9 Å². The van der Waals surface area contributed by atoms with Crippen LogP contribution in [0, 0.1) is 0 Å². The molecule has 0 radical (unpaired) electrons. The van der Waals surface area contributed by atoms with Crippen molar-refractivity contribution in [3.8, 4) is 22.5 Å². The van der Waals surface area contributed by atoms with Crippen molar-refractivity contribution in [3.05, 3.63) is 60.2 Å². The third kappa shape index (κ3) is 4.81. The number of morpholine rings is 1. The summed E-state index contributed by atoms with van der Waals surface area (Å²) in [4.78, 5) is 17.3. The molecule has 6 heteroatoms. The highest BCUT2D eigenvalue weighted by atomic mass is 16.5. The van der Waals surface area contributed by atoms with Gasteiger partial charge < -0.3 is 14.5 Å². The molecule has 5 rings (SSSR count). The zero-order chi connectivity index (χ0) is 22.8. The van der Waals surface area contributed by atoms with Gasteiger partial charge in [-0.05, 0) is 69.0 Å². The molecule has 0 saturated carbocycles. The molecule has 0 unspecified atom stereocenters.